The maximum Gasteiger partial charge on any atom is 0.586 e. The third kappa shape index (κ3) is 3.50. The summed E-state index contributed by atoms with van der Waals surface area (Å²) in [5.74, 6) is 0.135. The van der Waals surface area contributed by atoms with Crippen molar-refractivity contribution in [1.29, 1.82) is 0 Å². The number of carbonyl (C=O) groups is 1. The van der Waals surface area contributed by atoms with Crippen LogP contribution in [0.5, 0.6) is 11.5 Å². The SMILES string of the molecule is O=C(NC1=Nc2cc3c(cc2C1)OC(F)(F)O3)c1cccc(N2CCCCC2)c1. The Kier molecular flexibility index (Phi) is 4.15. The van der Waals surface area contributed by atoms with Crippen molar-refractivity contribution in [2.45, 2.75) is 32.0 Å². The summed E-state index contributed by atoms with van der Waals surface area (Å²) in [4.78, 5) is 19.4. The highest BCUT2D eigenvalue weighted by Gasteiger charge is 2.44. The van der Waals surface area contributed by atoms with E-state index in [9.17, 15) is 13.6 Å². The molecule has 0 radical (unpaired) electrons. The Hall–Kier alpha value is -3.16. The normalized spacial score (nSPS) is 19.0. The number of nitrogens with one attached hydrogen (secondary N) is 1. The number of amidine groups is 1. The summed E-state index contributed by atoms with van der Waals surface area (Å²) in [7, 11) is 0. The smallest absolute Gasteiger partial charge is 0.395 e. The zero-order chi connectivity index (χ0) is 20.0. The van der Waals surface area contributed by atoms with Gasteiger partial charge in [0.15, 0.2) is 11.5 Å². The first-order valence-corrected chi connectivity index (χ1v) is 9.64. The van der Waals surface area contributed by atoms with Crippen molar-refractivity contribution >= 4 is 23.1 Å². The molecule has 8 heteroatoms. The van der Waals surface area contributed by atoms with E-state index >= 15 is 0 Å². The van der Waals surface area contributed by atoms with Crippen LogP contribution in [-0.4, -0.2) is 31.1 Å². The number of hydrogen-bond donors (Lipinski definition) is 1. The maximum atomic E-state index is 13.2. The lowest BCUT2D eigenvalue weighted by atomic mass is 10.1. The molecule has 150 valence electrons. The van der Waals surface area contributed by atoms with Crippen LogP contribution in [0.25, 0.3) is 0 Å². The van der Waals surface area contributed by atoms with Gasteiger partial charge in [0.2, 0.25) is 0 Å². The minimum Gasteiger partial charge on any atom is -0.395 e. The molecule has 1 N–H and O–H groups in total. The van der Waals surface area contributed by atoms with Gasteiger partial charge in [-0.3, -0.25) is 4.79 Å². The van der Waals surface area contributed by atoms with E-state index in [1.807, 2.05) is 18.2 Å². The molecule has 5 rings (SSSR count). The number of ether oxygens (including phenoxy) is 2. The van der Waals surface area contributed by atoms with Gasteiger partial charge in [0.05, 0.1) is 5.69 Å². The first-order chi connectivity index (χ1) is 14.0. The highest BCUT2D eigenvalue weighted by atomic mass is 19.3. The summed E-state index contributed by atoms with van der Waals surface area (Å²) in [6.45, 7) is 2.00. The summed E-state index contributed by atoms with van der Waals surface area (Å²) in [6.07, 6.45) is 0.241. The number of benzene rings is 2. The standard InChI is InChI=1S/C21H19F2N3O3/c22-21(23)28-17-10-14-11-19(24-16(14)12-18(17)29-21)25-20(27)13-5-4-6-15(9-13)26-7-2-1-3-8-26/h4-6,9-10,12H,1-3,7-8,11H2,(H,24,25,27). The van der Waals surface area contributed by atoms with Crippen molar-refractivity contribution in [3.05, 3.63) is 47.5 Å². The highest BCUT2D eigenvalue weighted by Crippen LogP contribution is 2.45. The molecule has 0 atom stereocenters. The number of rotatable bonds is 2. The van der Waals surface area contributed by atoms with E-state index in [1.165, 1.54) is 18.6 Å². The Labute approximate surface area is 166 Å². The molecule has 2 aromatic carbocycles. The Morgan fingerprint density at radius 2 is 1.83 bits per heavy atom. The van der Waals surface area contributed by atoms with Crippen LogP contribution < -0.4 is 19.7 Å². The fraction of sp³-hybridized carbons (Fsp3) is 0.333. The van der Waals surface area contributed by atoms with Gasteiger partial charge >= 0.3 is 6.29 Å². The largest absolute Gasteiger partial charge is 0.586 e. The van der Waals surface area contributed by atoms with Crippen LogP contribution in [0.4, 0.5) is 20.2 Å². The maximum absolute atomic E-state index is 13.2. The second kappa shape index (κ2) is 6.72. The second-order valence-electron chi connectivity index (χ2n) is 7.38. The minimum absolute atomic E-state index is 0.0224. The van der Waals surface area contributed by atoms with Gasteiger partial charge in [0.25, 0.3) is 5.91 Å². The second-order valence-corrected chi connectivity index (χ2v) is 7.38. The van der Waals surface area contributed by atoms with Crippen LogP contribution in [0, 0.1) is 0 Å². The molecule has 1 saturated heterocycles. The van der Waals surface area contributed by atoms with Gasteiger partial charge in [0.1, 0.15) is 5.84 Å². The van der Waals surface area contributed by atoms with Crippen molar-refractivity contribution in [3.8, 4) is 11.5 Å². The van der Waals surface area contributed by atoms with Gasteiger partial charge in [-0.1, -0.05) is 6.07 Å². The molecule has 0 unspecified atom stereocenters. The third-order valence-electron chi connectivity index (χ3n) is 5.30. The van der Waals surface area contributed by atoms with Crippen LogP contribution in [0.15, 0.2) is 41.4 Å². The number of piperidine rings is 1. The van der Waals surface area contributed by atoms with Crippen LogP contribution in [-0.2, 0) is 6.42 Å². The fourth-order valence-electron chi connectivity index (χ4n) is 3.91. The number of anilines is 1. The molecular formula is C21H19F2N3O3. The summed E-state index contributed by atoms with van der Waals surface area (Å²) in [5, 5.41) is 2.83. The van der Waals surface area contributed by atoms with Crippen molar-refractivity contribution in [3.63, 3.8) is 0 Å². The van der Waals surface area contributed by atoms with Gasteiger partial charge in [-0.2, -0.15) is 0 Å². The van der Waals surface area contributed by atoms with Crippen molar-refractivity contribution < 1.29 is 23.0 Å². The van der Waals surface area contributed by atoms with E-state index in [0.717, 1.165) is 31.6 Å². The first-order valence-electron chi connectivity index (χ1n) is 9.64. The zero-order valence-electron chi connectivity index (χ0n) is 15.6. The lowest BCUT2D eigenvalue weighted by Gasteiger charge is -2.29. The Bertz CT molecular complexity index is 1020. The van der Waals surface area contributed by atoms with Crippen molar-refractivity contribution in [2.75, 3.05) is 18.0 Å². The molecule has 29 heavy (non-hydrogen) atoms. The number of nitrogens with zero attached hydrogens (tertiary/aromatic N) is 2. The average Bonchev–Trinajstić information content (AvgIpc) is 3.23. The molecule has 0 aliphatic carbocycles. The molecule has 3 aliphatic rings. The highest BCUT2D eigenvalue weighted by molar-refractivity contribution is 6.09. The third-order valence-corrected chi connectivity index (χ3v) is 5.30. The van der Waals surface area contributed by atoms with E-state index in [0.29, 0.717) is 29.1 Å². The van der Waals surface area contributed by atoms with Crippen molar-refractivity contribution in [1.82, 2.24) is 5.32 Å². The molecule has 1 amide bonds. The molecule has 3 aliphatic heterocycles. The Morgan fingerprint density at radius 1 is 1.07 bits per heavy atom. The summed E-state index contributed by atoms with van der Waals surface area (Å²) >= 11 is 0. The van der Waals surface area contributed by atoms with Crippen LogP contribution >= 0.6 is 0 Å². The number of halogens is 2. The molecule has 0 bridgehead atoms. The summed E-state index contributed by atoms with van der Waals surface area (Å²) in [5.41, 5.74) is 2.78. The number of amides is 1. The van der Waals surface area contributed by atoms with Crippen molar-refractivity contribution in [2.24, 2.45) is 4.99 Å². The molecule has 0 aromatic heterocycles. The lowest BCUT2D eigenvalue weighted by molar-refractivity contribution is -0.286. The molecule has 0 saturated carbocycles. The van der Waals surface area contributed by atoms with Gasteiger partial charge in [0, 0.05) is 36.8 Å². The van der Waals surface area contributed by atoms with Gasteiger partial charge in [-0.05, 0) is 49.1 Å². The molecular weight excluding hydrogens is 380 g/mol. The molecule has 6 nitrogen and oxygen atoms in total. The summed E-state index contributed by atoms with van der Waals surface area (Å²) < 4.78 is 35.3. The lowest BCUT2D eigenvalue weighted by Crippen LogP contribution is -2.32. The van der Waals surface area contributed by atoms with Crippen LogP contribution in [0.1, 0.15) is 35.2 Å². The predicted octanol–water partition coefficient (Wildman–Crippen LogP) is 4.01. The Morgan fingerprint density at radius 3 is 2.62 bits per heavy atom. The Balaban J connectivity index is 1.30. The van der Waals surface area contributed by atoms with Crippen LogP contribution in [0.2, 0.25) is 0 Å². The predicted molar refractivity (Wildman–Crippen MR) is 103 cm³/mol. The number of alkyl halides is 2. The topological polar surface area (TPSA) is 63.2 Å². The molecule has 0 spiro atoms. The first kappa shape index (κ1) is 17.9. The van der Waals surface area contributed by atoms with E-state index < -0.39 is 6.29 Å². The van der Waals surface area contributed by atoms with Gasteiger partial charge in [-0.25, -0.2) is 4.99 Å². The number of hydrogen-bond acceptors (Lipinski definition) is 5. The fourth-order valence-corrected chi connectivity index (χ4v) is 3.91. The number of aliphatic imine (C=N–C) groups is 1. The van der Waals surface area contributed by atoms with E-state index in [4.69, 9.17) is 0 Å². The zero-order valence-corrected chi connectivity index (χ0v) is 15.6. The van der Waals surface area contributed by atoms with E-state index in [1.54, 1.807) is 6.07 Å². The van der Waals surface area contributed by atoms with Gasteiger partial charge in [-0.15, -0.1) is 8.78 Å². The summed E-state index contributed by atoms with van der Waals surface area (Å²) in [6, 6.07) is 10.4. The number of fused-ring (bicyclic) bond motifs is 2. The van der Waals surface area contributed by atoms with E-state index in [-0.39, 0.29) is 17.4 Å². The molecule has 1 fully saturated rings. The number of carbonyl (C=O) groups excluding carboxylic acids is 1. The minimum atomic E-state index is -3.66. The molecule has 3 heterocycles. The monoisotopic (exact) mass is 399 g/mol. The van der Waals surface area contributed by atoms with E-state index in [2.05, 4.69) is 24.7 Å². The molecule has 2 aromatic rings. The average molecular weight is 399 g/mol. The quantitative estimate of drug-likeness (QED) is 0.829. The van der Waals surface area contributed by atoms with Gasteiger partial charge < -0.3 is 19.7 Å². The van der Waals surface area contributed by atoms with Crippen LogP contribution in [0.3, 0.4) is 0 Å².